The van der Waals surface area contributed by atoms with Crippen LogP contribution in [0.2, 0.25) is 5.02 Å². The number of carbonyl (C=O) groups excluding carboxylic acids is 2. The van der Waals surface area contributed by atoms with Gasteiger partial charge in [0.25, 0.3) is 0 Å². The van der Waals surface area contributed by atoms with Gasteiger partial charge in [-0.15, -0.1) is 0 Å². The number of nitrogens with zero attached hydrogens (tertiary/aromatic N) is 1. The second kappa shape index (κ2) is 10.9. The molecule has 1 atom stereocenters. The average molecular weight is 401 g/mol. The van der Waals surface area contributed by atoms with Gasteiger partial charge in [0.05, 0.1) is 0 Å². The molecular formula is C23H29ClN2O2. The van der Waals surface area contributed by atoms with E-state index in [0.29, 0.717) is 30.8 Å². The standard InChI is InChI=1S/C23H29ClN2O2/c1-4-17-10-12-18(13-11-17)14-15-22(27)26(21(5-2)23(28)25-3)16-19-8-6-7-9-20(19)24/h6-13,21H,4-5,14-16H2,1-3H3,(H,25,28)/t21-/m0/s1. The zero-order valence-electron chi connectivity index (χ0n) is 16.9. The van der Waals surface area contributed by atoms with E-state index < -0.39 is 6.04 Å². The Hall–Kier alpha value is -2.33. The van der Waals surface area contributed by atoms with Crippen molar-refractivity contribution < 1.29 is 9.59 Å². The maximum Gasteiger partial charge on any atom is 0.242 e. The maximum atomic E-state index is 13.1. The lowest BCUT2D eigenvalue weighted by Gasteiger charge is -2.30. The molecule has 0 aliphatic rings. The van der Waals surface area contributed by atoms with Crippen LogP contribution in [0.25, 0.3) is 0 Å². The minimum absolute atomic E-state index is 0.0464. The topological polar surface area (TPSA) is 49.4 Å². The van der Waals surface area contributed by atoms with Gasteiger partial charge in [-0.1, -0.05) is 67.9 Å². The summed E-state index contributed by atoms with van der Waals surface area (Å²) in [4.78, 5) is 27.1. The van der Waals surface area contributed by atoms with Gasteiger partial charge < -0.3 is 10.2 Å². The van der Waals surface area contributed by atoms with Crippen LogP contribution in [-0.4, -0.2) is 29.8 Å². The first kappa shape index (κ1) is 22.0. The number of likely N-dealkylation sites (N-methyl/N-ethyl adjacent to an activating group) is 1. The van der Waals surface area contributed by atoms with Crippen molar-refractivity contribution in [2.24, 2.45) is 0 Å². The van der Waals surface area contributed by atoms with Crippen molar-refractivity contribution in [3.8, 4) is 0 Å². The molecule has 0 aliphatic carbocycles. The SMILES string of the molecule is CCc1ccc(CCC(=O)N(Cc2ccccc2Cl)[C@@H](CC)C(=O)NC)cc1. The number of hydrogen-bond donors (Lipinski definition) is 1. The molecule has 0 spiro atoms. The van der Waals surface area contributed by atoms with Crippen molar-refractivity contribution in [1.82, 2.24) is 10.2 Å². The van der Waals surface area contributed by atoms with Crippen LogP contribution in [0.4, 0.5) is 0 Å². The summed E-state index contributed by atoms with van der Waals surface area (Å²) < 4.78 is 0. The van der Waals surface area contributed by atoms with E-state index in [1.54, 1.807) is 18.0 Å². The van der Waals surface area contributed by atoms with Crippen molar-refractivity contribution in [1.29, 1.82) is 0 Å². The molecule has 2 aromatic carbocycles. The van der Waals surface area contributed by atoms with Crippen LogP contribution in [-0.2, 0) is 29.0 Å². The van der Waals surface area contributed by atoms with Gasteiger partial charge in [0.2, 0.25) is 11.8 Å². The first-order valence-corrected chi connectivity index (χ1v) is 10.2. The lowest BCUT2D eigenvalue weighted by molar-refractivity contribution is -0.141. The molecule has 2 amide bonds. The van der Waals surface area contributed by atoms with Crippen molar-refractivity contribution in [2.75, 3.05) is 7.05 Å². The quantitative estimate of drug-likeness (QED) is 0.678. The highest BCUT2D eigenvalue weighted by atomic mass is 35.5. The summed E-state index contributed by atoms with van der Waals surface area (Å²) in [5, 5.41) is 3.27. The fraction of sp³-hybridized carbons (Fsp3) is 0.391. The molecule has 2 rings (SSSR count). The minimum atomic E-state index is -0.517. The van der Waals surface area contributed by atoms with Crippen molar-refractivity contribution >= 4 is 23.4 Å². The number of benzene rings is 2. The van der Waals surface area contributed by atoms with E-state index in [1.807, 2.05) is 25.1 Å². The zero-order valence-corrected chi connectivity index (χ0v) is 17.6. The Morgan fingerprint density at radius 2 is 1.68 bits per heavy atom. The smallest absolute Gasteiger partial charge is 0.242 e. The lowest BCUT2D eigenvalue weighted by atomic mass is 10.0. The van der Waals surface area contributed by atoms with Crippen molar-refractivity contribution in [2.45, 2.75) is 52.1 Å². The third-order valence-corrected chi connectivity index (χ3v) is 5.36. The number of halogens is 1. The van der Waals surface area contributed by atoms with Gasteiger partial charge in [0, 0.05) is 25.0 Å². The average Bonchev–Trinajstić information content (AvgIpc) is 2.73. The second-order valence-electron chi connectivity index (χ2n) is 6.82. The molecule has 0 aliphatic heterocycles. The van der Waals surface area contributed by atoms with E-state index in [1.165, 1.54) is 5.56 Å². The summed E-state index contributed by atoms with van der Waals surface area (Å²) in [6.45, 7) is 4.35. The molecule has 150 valence electrons. The van der Waals surface area contributed by atoms with Crippen LogP contribution in [0.3, 0.4) is 0 Å². The van der Waals surface area contributed by atoms with Gasteiger partial charge in [-0.25, -0.2) is 0 Å². The van der Waals surface area contributed by atoms with Gasteiger partial charge in [-0.2, -0.15) is 0 Å². The Labute approximate surface area is 172 Å². The molecule has 0 radical (unpaired) electrons. The molecule has 0 heterocycles. The number of rotatable bonds is 9. The molecular weight excluding hydrogens is 372 g/mol. The van der Waals surface area contributed by atoms with Crippen LogP contribution in [0.5, 0.6) is 0 Å². The molecule has 5 heteroatoms. The summed E-state index contributed by atoms with van der Waals surface area (Å²) in [5.74, 6) is -0.204. The fourth-order valence-electron chi connectivity index (χ4n) is 3.23. The molecule has 2 aromatic rings. The van der Waals surface area contributed by atoms with E-state index in [0.717, 1.165) is 17.5 Å². The molecule has 0 saturated heterocycles. The Morgan fingerprint density at radius 3 is 2.25 bits per heavy atom. The van der Waals surface area contributed by atoms with Crippen molar-refractivity contribution in [3.63, 3.8) is 0 Å². The van der Waals surface area contributed by atoms with E-state index in [-0.39, 0.29) is 11.8 Å². The summed E-state index contributed by atoms with van der Waals surface area (Å²) in [6.07, 6.45) is 2.53. The first-order chi connectivity index (χ1) is 13.5. The van der Waals surface area contributed by atoms with E-state index in [2.05, 4.69) is 36.5 Å². The molecule has 28 heavy (non-hydrogen) atoms. The van der Waals surface area contributed by atoms with Gasteiger partial charge in [-0.05, 0) is 42.0 Å². The third-order valence-electron chi connectivity index (χ3n) is 4.99. The number of aryl methyl sites for hydroxylation is 2. The zero-order chi connectivity index (χ0) is 20.5. The number of carbonyl (C=O) groups is 2. The summed E-state index contributed by atoms with van der Waals surface area (Å²) in [7, 11) is 1.60. The molecule has 0 fully saturated rings. The van der Waals surface area contributed by atoms with Gasteiger partial charge in [0.1, 0.15) is 6.04 Å². The lowest BCUT2D eigenvalue weighted by Crippen LogP contribution is -2.48. The Kier molecular flexibility index (Phi) is 8.52. The van der Waals surface area contributed by atoms with Crippen LogP contribution in [0.1, 0.15) is 43.4 Å². The molecule has 4 nitrogen and oxygen atoms in total. The van der Waals surface area contributed by atoms with E-state index >= 15 is 0 Å². The number of amides is 2. The van der Waals surface area contributed by atoms with Gasteiger partial charge >= 0.3 is 0 Å². The minimum Gasteiger partial charge on any atom is -0.357 e. The van der Waals surface area contributed by atoms with Crippen LogP contribution in [0, 0.1) is 0 Å². The van der Waals surface area contributed by atoms with Crippen LogP contribution < -0.4 is 5.32 Å². The number of hydrogen-bond acceptors (Lipinski definition) is 2. The van der Waals surface area contributed by atoms with E-state index in [9.17, 15) is 9.59 Å². The summed E-state index contributed by atoms with van der Waals surface area (Å²) >= 11 is 6.30. The number of nitrogens with one attached hydrogen (secondary N) is 1. The molecule has 0 saturated carbocycles. The first-order valence-electron chi connectivity index (χ1n) is 9.82. The molecule has 0 aromatic heterocycles. The normalized spacial score (nSPS) is 11.7. The molecule has 0 unspecified atom stereocenters. The highest BCUT2D eigenvalue weighted by Crippen LogP contribution is 2.20. The fourth-order valence-corrected chi connectivity index (χ4v) is 3.43. The highest BCUT2D eigenvalue weighted by Gasteiger charge is 2.28. The summed E-state index contributed by atoms with van der Waals surface area (Å²) in [5.41, 5.74) is 3.24. The predicted octanol–water partition coefficient (Wildman–Crippen LogP) is 4.39. The van der Waals surface area contributed by atoms with Crippen LogP contribution in [0.15, 0.2) is 48.5 Å². The molecule has 1 N–H and O–H groups in total. The van der Waals surface area contributed by atoms with Crippen molar-refractivity contribution in [3.05, 3.63) is 70.2 Å². The van der Waals surface area contributed by atoms with E-state index in [4.69, 9.17) is 11.6 Å². The monoisotopic (exact) mass is 400 g/mol. The van der Waals surface area contributed by atoms with Crippen LogP contribution >= 0.6 is 11.6 Å². The Balaban J connectivity index is 2.17. The Morgan fingerprint density at radius 1 is 1.04 bits per heavy atom. The molecule has 0 bridgehead atoms. The largest absolute Gasteiger partial charge is 0.357 e. The maximum absolute atomic E-state index is 13.1. The summed E-state index contributed by atoms with van der Waals surface area (Å²) in [6, 6.07) is 15.3. The van der Waals surface area contributed by atoms with Gasteiger partial charge in [-0.3, -0.25) is 9.59 Å². The second-order valence-corrected chi connectivity index (χ2v) is 7.23. The van der Waals surface area contributed by atoms with Gasteiger partial charge in [0.15, 0.2) is 0 Å². The predicted molar refractivity (Wildman–Crippen MR) is 114 cm³/mol. The highest BCUT2D eigenvalue weighted by molar-refractivity contribution is 6.31. The third kappa shape index (κ3) is 5.83. The Bertz CT molecular complexity index is 789.